The molecule has 8 heteroatoms. The minimum atomic E-state index is -3.82. The average Bonchev–Trinajstić information content (AvgIpc) is 2.70. The molecule has 0 amide bonds. The van der Waals surface area contributed by atoms with E-state index >= 15 is 0 Å². The van der Waals surface area contributed by atoms with E-state index in [0.29, 0.717) is 10.0 Å². The van der Waals surface area contributed by atoms with E-state index in [1.54, 1.807) is 12.1 Å². The van der Waals surface area contributed by atoms with Gasteiger partial charge in [-0.05, 0) is 12.1 Å². The average molecular weight is 334 g/mol. The van der Waals surface area contributed by atoms with Gasteiger partial charge in [0.15, 0.2) is 5.03 Å². The van der Waals surface area contributed by atoms with Crippen LogP contribution in [0.15, 0.2) is 40.2 Å². The summed E-state index contributed by atoms with van der Waals surface area (Å²) in [7, 11) is -3.82. The first-order valence-electron chi connectivity index (χ1n) is 4.85. The van der Waals surface area contributed by atoms with E-state index in [1.165, 1.54) is 23.2 Å². The maximum absolute atomic E-state index is 13.6. The number of rotatable bonds is 3. The quantitative estimate of drug-likeness (QED) is 0.924. The zero-order valence-corrected chi connectivity index (χ0v) is 11.4. The molecule has 2 N–H and O–H groups in total. The van der Waals surface area contributed by atoms with Crippen LogP contribution in [-0.4, -0.2) is 18.0 Å². The van der Waals surface area contributed by atoms with Crippen molar-refractivity contribution in [2.45, 2.75) is 11.6 Å². The number of sulfonamides is 1. The maximum atomic E-state index is 13.6. The Morgan fingerprint density at radius 3 is 2.72 bits per heavy atom. The van der Waals surface area contributed by atoms with Crippen LogP contribution in [0.2, 0.25) is 0 Å². The zero-order chi connectivity index (χ0) is 13.3. The molecule has 0 saturated carbocycles. The van der Waals surface area contributed by atoms with Gasteiger partial charge in [-0.15, -0.1) is 0 Å². The van der Waals surface area contributed by atoms with E-state index < -0.39 is 10.0 Å². The van der Waals surface area contributed by atoms with Gasteiger partial charge >= 0.3 is 0 Å². The molecule has 0 aliphatic heterocycles. The van der Waals surface area contributed by atoms with Crippen molar-refractivity contribution in [2.24, 2.45) is 5.14 Å². The molecule has 0 aliphatic rings. The van der Waals surface area contributed by atoms with Crippen molar-refractivity contribution in [3.63, 3.8) is 0 Å². The zero-order valence-electron chi connectivity index (χ0n) is 9.05. The summed E-state index contributed by atoms with van der Waals surface area (Å²) < 4.78 is 37.7. The molecule has 0 bridgehead atoms. The van der Waals surface area contributed by atoms with E-state index in [-0.39, 0.29) is 17.4 Å². The lowest BCUT2D eigenvalue weighted by atomic mass is 10.2. The summed E-state index contributed by atoms with van der Waals surface area (Å²) in [5.41, 5.74) is 0.427. The molecule has 96 valence electrons. The topological polar surface area (TPSA) is 78.0 Å². The number of imidazole rings is 1. The molecule has 5 nitrogen and oxygen atoms in total. The predicted molar refractivity (Wildman–Crippen MR) is 66.8 cm³/mol. The fourth-order valence-electron chi connectivity index (χ4n) is 1.42. The van der Waals surface area contributed by atoms with Crippen LogP contribution in [0.25, 0.3) is 0 Å². The Bertz CT molecular complexity index is 684. The lowest BCUT2D eigenvalue weighted by Gasteiger charge is -2.04. The normalized spacial score (nSPS) is 11.7. The molecule has 0 aliphatic carbocycles. The van der Waals surface area contributed by atoms with Crippen LogP contribution < -0.4 is 5.14 Å². The van der Waals surface area contributed by atoms with Gasteiger partial charge in [0.2, 0.25) is 0 Å². The van der Waals surface area contributed by atoms with Gasteiger partial charge in [0, 0.05) is 16.2 Å². The van der Waals surface area contributed by atoms with Crippen molar-refractivity contribution in [1.82, 2.24) is 9.55 Å². The Balaban J connectivity index is 2.27. The third-order valence-corrected chi connectivity index (χ3v) is 3.56. The van der Waals surface area contributed by atoms with Gasteiger partial charge in [0.1, 0.15) is 5.82 Å². The SMILES string of the molecule is NS(=O)(=O)c1cn(Cc2ccc(Br)cc2F)cn1. The van der Waals surface area contributed by atoms with Gasteiger partial charge in [0.05, 0.1) is 12.9 Å². The summed E-state index contributed by atoms with van der Waals surface area (Å²) in [5, 5.41) is 4.69. The molecule has 0 spiro atoms. The summed E-state index contributed by atoms with van der Waals surface area (Å²) in [4.78, 5) is 3.65. The summed E-state index contributed by atoms with van der Waals surface area (Å²) in [6.45, 7) is 0.182. The molecule has 0 atom stereocenters. The second kappa shape index (κ2) is 4.79. The first kappa shape index (κ1) is 13.2. The Morgan fingerprint density at radius 2 is 2.17 bits per heavy atom. The van der Waals surface area contributed by atoms with Crippen LogP contribution in [0.4, 0.5) is 4.39 Å². The van der Waals surface area contributed by atoms with Crippen LogP contribution >= 0.6 is 15.9 Å². The van der Waals surface area contributed by atoms with Crippen molar-refractivity contribution in [2.75, 3.05) is 0 Å². The number of nitrogens with zero attached hydrogens (tertiary/aromatic N) is 2. The molecular formula is C10H9BrFN3O2S. The highest BCUT2D eigenvalue weighted by Crippen LogP contribution is 2.16. The number of hydrogen-bond acceptors (Lipinski definition) is 3. The minimum Gasteiger partial charge on any atom is -0.332 e. The van der Waals surface area contributed by atoms with Crippen molar-refractivity contribution in [3.05, 3.63) is 46.6 Å². The summed E-state index contributed by atoms with van der Waals surface area (Å²) in [5.74, 6) is -0.379. The largest absolute Gasteiger partial charge is 0.332 e. The number of benzene rings is 1. The maximum Gasteiger partial charge on any atom is 0.257 e. The molecule has 0 radical (unpaired) electrons. The van der Waals surface area contributed by atoms with Gasteiger partial charge in [0.25, 0.3) is 10.0 Å². The number of halogens is 2. The molecule has 0 unspecified atom stereocenters. The van der Waals surface area contributed by atoms with Crippen molar-refractivity contribution >= 4 is 26.0 Å². The van der Waals surface area contributed by atoms with Crippen molar-refractivity contribution < 1.29 is 12.8 Å². The molecular weight excluding hydrogens is 325 g/mol. The van der Waals surface area contributed by atoms with E-state index in [4.69, 9.17) is 5.14 Å². The lowest BCUT2D eigenvalue weighted by Crippen LogP contribution is -2.12. The van der Waals surface area contributed by atoms with Crippen LogP contribution in [0, 0.1) is 5.82 Å². The molecule has 18 heavy (non-hydrogen) atoms. The fourth-order valence-corrected chi connectivity index (χ4v) is 2.23. The highest BCUT2D eigenvalue weighted by atomic mass is 79.9. The van der Waals surface area contributed by atoms with Crippen molar-refractivity contribution in [3.8, 4) is 0 Å². The Kier molecular flexibility index (Phi) is 3.51. The molecule has 1 aromatic heterocycles. The second-order valence-electron chi connectivity index (χ2n) is 3.66. The van der Waals surface area contributed by atoms with Gasteiger partial charge in [-0.3, -0.25) is 0 Å². The first-order valence-corrected chi connectivity index (χ1v) is 7.19. The molecule has 1 aromatic carbocycles. The van der Waals surface area contributed by atoms with E-state index in [0.717, 1.165) is 0 Å². The molecule has 1 heterocycles. The number of nitrogens with two attached hydrogens (primary N) is 1. The van der Waals surface area contributed by atoms with E-state index in [2.05, 4.69) is 20.9 Å². The Morgan fingerprint density at radius 1 is 1.44 bits per heavy atom. The van der Waals surface area contributed by atoms with Crippen molar-refractivity contribution in [1.29, 1.82) is 0 Å². The minimum absolute atomic E-state index is 0.182. The Hall–Kier alpha value is -1.25. The third kappa shape index (κ3) is 2.95. The van der Waals surface area contributed by atoms with Gasteiger partial charge < -0.3 is 4.57 Å². The number of aromatic nitrogens is 2. The van der Waals surface area contributed by atoms with Gasteiger partial charge in [-0.25, -0.2) is 22.9 Å². The smallest absolute Gasteiger partial charge is 0.257 e. The van der Waals surface area contributed by atoms with Crippen LogP contribution in [0.1, 0.15) is 5.56 Å². The van der Waals surface area contributed by atoms with Crippen LogP contribution in [0.5, 0.6) is 0 Å². The molecule has 2 rings (SSSR count). The predicted octanol–water partition coefficient (Wildman–Crippen LogP) is 1.48. The van der Waals surface area contributed by atoms with Gasteiger partial charge in [-0.2, -0.15) is 0 Å². The first-order chi connectivity index (χ1) is 8.36. The van der Waals surface area contributed by atoms with Gasteiger partial charge in [-0.1, -0.05) is 22.0 Å². The third-order valence-electron chi connectivity index (χ3n) is 2.27. The number of primary sulfonamides is 1. The van der Waals surface area contributed by atoms with E-state index in [9.17, 15) is 12.8 Å². The fraction of sp³-hybridized carbons (Fsp3) is 0.100. The summed E-state index contributed by atoms with van der Waals surface area (Å²) in [6.07, 6.45) is 2.55. The van der Waals surface area contributed by atoms with Crippen LogP contribution in [-0.2, 0) is 16.6 Å². The van der Waals surface area contributed by atoms with Crippen LogP contribution in [0.3, 0.4) is 0 Å². The summed E-state index contributed by atoms with van der Waals surface area (Å²) >= 11 is 3.16. The standard InChI is InChI=1S/C10H9BrFN3O2S/c11-8-2-1-7(9(12)3-8)4-15-5-10(14-6-15)18(13,16)17/h1-3,5-6H,4H2,(H2,13,16,17). The molecule has 0 fully saturated rings. The highest BCUT2D eigenvalue weighted by Gasteiger charge is 2.12. The Labute approximate surface area is 112 Å². The number of hydrogen-bond donors (Lipinski definition) is 1. The monoisotopic (exact) mass is 333 g/mol. The highest BCUT2D eigenvalue weighted by molar-refractivity contribution is 9.10. The van der Waals surface area contributed by atoms with E-state index in [1.807, 2.05) is 0 Å². The summed E-state index contributed by atoms with van der Waals surface area (Å²) in [6, 6.07) is 4.65. The lowest BCUT2D eigenvalue weighted by molar-refractivity contribution is 0.594. The molecule has 0 saturated heterocycles. The molecule has 2 aromatic rings. The second-order valence-corrected chi connectivity index (χ2v) is 6.09.